The number of nitrogens with zero attached hydrogens (tertiary/aromatic N) is 5. The van der Waals surface area contributed by atoms with Crippen molar-refractivity contribution in [2.45, 2.75) is 26.4 Å². The van der Waals surface area contributed by atoms with Crippen molar-refractivity contribution in [3.05, 3.63) is 88.0 Å². The first-order valence-corrected chi connectivity index (χ1v) is 8.97. The highest BCUT2D eigenvalue weighted by atomic mass is 16.6. The van der Waals surface area contributed by atoms with E-state index >= 15 is 0 Å². The molecule has 0 unspecified atom stereocenters. The van der Waals surface area contributed by atoms with Crippen molar-refractivity contribution in [1.29, 1.82) is 5.26 Å². The normalized spacial score (nSPS) is 10.6. The molecular formula is C21H19N5O3. The van der Waals surface area contributed by atoms with Crippen molar-refractivity contribution in [3.8, 4) is 11.8 Å². The second kappa shape index (κ2) is 8.35. The molecule has 3 aromatic rings. The van der Waals surface area contributed by atoms with E-state index in [-0.39, 0.29) is 23.2 Å². The fourth-order valence-electron chi connectivity index (χ4n) is 2.96. The summed E-state index contributed by atoms with van der Waals surface area (Å²) in [6.45, 7) is 4.10. The van der Waals surface area contributed by atoms with E-state index in [4.69, 9.17) is 5.26 Å². The summed E-state index contributed by atoms with van der Waals surface area (Å²) in [7, 11) is 0. The van der Waals surface area contributed by atoms with Crippen LogP contribution in [0.4, 0.5) is 5.69 Å². The number of benzene rings is 2. The summed E-state index contributed by atoms with van der Waals surface area (Å²) in [6, 6.07) is 13.4. The topological polar surface area (TPSA) is 105 Å². The highest BCUT2D eigenvalue weighted by Gasteiger charge is 2.23. The van der Waals surface area contributed by atoms with Gasteiger partial charge in [-0.2, -0.15) is 5.26 Å². The molecule has 0 N–H and O–H groups in total. The molecule has 2 aromatic carbocycles. The van der Waals surface area contributed by atoms with E-state index < -0.39 is 4.92 Å². The minimum absolute atomic E-state index is 0.120. The number of carbonyl (C=O) groups excluding carboxylic acids is 1. The Hall–Kier alpha value is -3.99. The van der Waals surface area contributed by atoms with Gasteiger partial charge < -0.3 is 9.47 Å². The maximum Gasteiger partial charge on any atom is 0.294 e. The fourth-order valence-corrected chi connectivity index (χ4v) is 2.96. The molecule has 8 nitrogen and oxygen atoms in total. The standard InChI is InChI=1S/C21H19N5O3/c1-15(2)25(13-17-5-3-16(12-22)4-6-17)21(27)18-7-8-19(20(11-18)26(28)29)24-10-9-23-14-24/h3-11,14-15H,13H2,1-2H3. The van der Waals surface area contributed by atoms with Gasteiger partial charge in [0.25, 0.3) is 11.6 Å². The van der Waals surface area contributed by atoms with Crippen LogP contribution >= 0.6 is 0 Å². The second-order valence-electron chi connectivity index (χ2n) is 6.77. The number of hydrogen-bond acceptors (Lipinski definition) is 5. The largest absolute Gasteiger partial charge is 0.332 e. The highest BCUT2D eigenvalue weighted by Crippen LogP contribution is 2.25. The van der Waals surface area contributed by atoms with Gasteiger partial charge in [-0.25, -0.2) is 4.98 Å². The number of amides is 1. The highest BCUT2D eigenvalue weighted by molar-refractivity contribution is 5.95. The molecule has 0 saturated carbocycles. The Morgan fingerprint density at radius 2 is 2.00 bits per heavy atom. The van der Waals surface area contributed by atoms with Gasteiger partial charge in [0.2, 0.25) is 0 Å². The van der Waals surface area contributed by atoms with Crippen LogP contribution in [0.5, 0.6) is 0 Å². The third-order valence-corrected chi connectivity index (χ3v) is 4.52. The molecule has 29 heavy (non-hydrogen) atoms. The molecule has 0 fully saturated rings. The molecule has 0 saturated heterocycles. The van der Waals surface area contributed by atoms with Gasteiger partial charge in [-0.05, 0) is 43.7 Å². The summed E-state index contributed by atoms with van der Waals surface area (Å²) >= 11 is 0. The first kappa shape index (κ1) is 19.8. The number of nitriles is 1. The van der Waals surface area contributed by atoms with E-state index in [1.165, 1.54) is 23.2 Å². The molecule has 1 aromatic heterocycles. The smallest absolute Gasteiger partial charge is 0.294 e. The summed E-state index contributed by atoms with van der Waals surface area (Å²) in [6.07, 6.45) is 4.60. The predicted molar refractivity (Wildman–Crippen MR) is 106 cm³/mol. The van der Waals surface area contributed by atoms with Crippen molar-refractivity contribution in [3.63, 3.8) is 0 Å². The molecular weight excluding hydrogens is 370 g/mol. The van der Waals surface area contributed by atoms with Crippen LogP contribution in [-0.2, 0) is 6.54 Å². The van der Waals surface area contributed by atoms with Gasteiger partial charge in [0.15, 0.2) is 0 Å². The summed E-state index contributed by atoms with van der Waals surface area (Å²) in [5, 5.41) is 20.5. The van der Waals surface area contributed by atoms with Crippen molar-refractivity contribution in [1.82, 2.24) is 14.5 Å². The van der Waals surface area contributed by atoms with Gasteiger partial charge in [0.1, 0.15) is 5.69 Å². The molecule has 1 amide bonds. The zero-order valence-corrected chi connectivity index (χ0v) is 16.0. The molecule has 0 aliphatic carbocycles. The van der Waals surface area contributed by atoms with Gasteiger partial charge in [-0.15, -0.1) is 0 Å². The molecule has 0 radical (unpaired) electrons. The lowest BCUT2D eigenvalue weighted by atomic mass is 10.1. The summed E-state index contributed by atoms with van der Waals surface area (Å²) in [4.78, 5) is 29.7. The zero-order valence-electron chi connectivity index (χ0n) is 16.0. The van der Waals surface area contributed by atoms with Crippen LogP contribution in [0.1, 0.15) is 35.3 Å². The maximum atomic E-state index is 13.1. The Bertz CT molecular complexity index is 1070. The van der Waals surface area contributed by atoms with Crippen LogP contribution in [0.25, 0.3) is 5.69 Å². The van der Waals surface area contributed by atoms with Crippen molar-refractivity contribution < 1.29 is 9.72 Å². The number of nitro benzene ring substituents is 1. The van der Waals surface area contributed by atoms with Crippen molar-refractivity contribution in [2.24, 2.45) is 0 Å². The van der Waals surface area contributed by atoms with E-state index in [0.717, 1.165) is 5.56 Å². The number of nitro groups is 1. The monoisotopic (exact) mass is 389 g/mol. The SMILES string of the molecule is CC(C)N(Cc1ccc(C#N)cc1)C(=O)c1ccc(-n2ccnc2)c([N+](=O)[O-])c1. The predicted octanol–water partition coefficient (Wildman–Crippen LogP) is 3.70. The minimum Gasteiger partial charge on any atom is -0.332 e. The Morgan fingerprint density at radius 3 is 2.55 bits per heavy atom. The van der Waals surface area contributed by atoms with E-state index in [1.54, 1.807) is 47.5 Å². The van der Waals surface area contributed by atoms with E-state index in [2.05, 4.69) is 11.1 Å². The molecule has 1 heterocycles. The Balaban J connectivity index is 1.92. The molecule has 0 atom stereocenters. The Morgan fingerprint density at radius 1 is 1.28 bits per heavy atom. The van der Waals surface area contributed by atoms with E-state index in [9.17, 15) is 14.9 Å². The van der Waals surface area contributed by atoms with Crippen molar-refractivity contribution in [2.75, 3.05) is 0 Å². The molecule has 0 aliphatic heterocycles. The van der Waals surface area contributed by atoms with Crippen LogP contribution < -0.4 is 0 Å². The van der Waals surface area contributed by atoms with Crippen molar-refractivity contribution >= 4 is 11.6 Å². The molecule has 146 valence electrons. The van der Waals surface area contributed by atoms with Gasteiger partial charge in [0.05, 0.1) is 22.9 Å². The first-order valence-electron chi connectivity index (χ1n) is 8.97. The third kappa shape index (κ3) is 4.30. The third-order valence-electron chi connectivity index (χ3n) is 4.52. The minimum atomic E-state index is -0.507. The number of hydrogen-bond donors (Lipinski definition) is 0. The van der Waals surface area contributed by atoms with Gasteiger partial charge in [-0.3, -0.25) is 14.9 Å². The number of aromatic nitrogens is 2. The molecule has 0 spiro atoms. The number of rotatable bonds is 6. The lowest BCUT2D eigenvalue weighted by molar-refractivity contribution is -0.384. The summed E-state index contributed by atoms with van der Waals surface area (Å²) < 4.78 is 1.53. The zero-order chi connectivity index (χ0) is 21.0. The quantitative estimate of drug-likeness (QED) is 0.472. The average molecular weight is 389 g/mol. The maximum absolute atomic E-state index is 13.1. The van der Waals surface area contributed by atoms with Crippen LogP contribution in [-0.4, -0.2) is 31.3 Å². The van der Waals surface area contributed by atoms with Crippen LogP contribution in [0.15, 0.2) is 61.2 Å². The van der Waals surface area contributed by atoms with Crippen LogP contribution in [0, 0.1) is 21.4 Å². The lowest BCUT2D eigenvalue weighted by Gasteiger charge is -2.27. The van der Waals surface area contributed by atoms with Crippen LogP contribution in [0.3, 0.4) is 0 Å². The Labute approximate surface area is 167 Å². The molecule has 3 rings (SSSR count). The fraction of sp³-hybridized carbons (Fsp3) is 0.190. The molecule has 0 aliphatic rings. The first-order chi connectivity index (χ1) is 13.9. The second-order valence-corrected chi connectivity index (χ2v) is 6.77. The van der Waals surface area contributed by atoms with E-state index in [1.807, 2.05) is 13.8 Å². The molecule has 8 heteroatoms. The number of imidazole rings is 1. The summed E-state index contributed by atoms with van der Waals surface area (Å²) in [5.74, 6) is -0.301. The lowest BCUT2D eigenvalue weighted by Crippen LogP contribution is -2.36. The average Bonchev–Trinajstić information content (AvgIpc) is 3.26. The molecule has 0 bridgehead atoms. The van der Waals surface area contributed by atoms with E-state index in [0.29, 0.717) is 17.8 Å². The Kier molecular flexibility index (Phi) is 5.69. The van der Waals surface area contributed by atoms with Crippen LogP contribution in [0.2, 0.25) is 0 Å². The van der Waals surface area contributed by atoms with Gasteiger partial charge in [-0.1, -0.05) is 12.1 Å². The van der Waals surface area contributed by atoms with Gasteiger partial charge in [0, 0.05) is 36.6 Å². The van der Waals surface area contributed by atoms with Gasteiger partial charge >= 0.3 is 0 Å². The summed E-state index contributed by atoms with van der Waals surface area (Å²) in [5.41, 5.74) is 1.82. The number of carbonyl (C=O) groups is 1.